The first-order valence-corrected chi connectivity index (χ1v) is 11.7. The van der Waals surface area contributed by atoms with E-state index < -0.39 is 0 Å². The van der Waals surface area contributed by atoms with E-state index in [2.05, 4.69) is 30.3 Å². The van der Waals surface area contributed by atoms with Crippen molar-refractivity contribution in [2.45, 2.75) is 25.9 Å². The molecule has 0 bridgehead atoms. The molecular weight excluding hydrogens is 442 g/mol. The topological polar surface area (TPSA) is 112 Å². The van der Waals surface area contributed by atoms with Crippen LogP contribution in [0.5, 0.6) is 0 Å². The summed E-state index contributed by atoms with van der Waals surface area (Å²) in [6.45, 7) is 3.56. The number of nitrogens with one attached hydrogen (secondary N) is 2. The molecule has 35 heavy (non-hydrogen) atoms. The highest BCUT2D eigenvalue weighted by Crippen LogP contribution is 2.24. The highest BCUT2D eigenvalue weighted by molar-refractivity contribution is 6.06. The second-order valence-corrected chi connectivity index (χ2v) is 8.89. The van der Waals surface area contributed by atoms with Gasteiger partial charge < -0.3 is 20.3 Å². The second-order valence-electron chi connectivity index (χ2n) is 8.89. The number of carbonyl (C=O) groups is 1. The number of aliphatic hydroxyl groups is 1. The average molecular weight is 468 g/mol. The summed E-state index contributed by atoms with van der Waals surface area (Å²) in [6.07, 6.45) is 2.91. The van der Waals surface area contributed by atoms with Gasteiger partial charge in [-0.05, 0) is 62.2 Å². The van der Waals surface area contributed by atoms with Crippen molar-refractivity contribution in [1.29, 1.82) is 0 Å². The van der Waals surface area contributed by atoms with E-state index in [-0.39, 0.29) is 12.0 Å². The van der Waals surface area contributed by atoms with Crippen molar-refractivity contribution in [1.82, 2.24) is 24.7 Å². The average Bonchev–Trinajstić information content (AvgIpc) is 3.46. The van der Waals surface area contributed by atoms with Gasteiger partial charge in [0.2, 0.25) is 5.95 Å². The van der Waals surface area contributed by atoms with Gasteiger partial charge in [-0.15, -0.1) is 0 Å². The molecule has 1 aliphatic heterocycles. The van der Waals surface area contributed by atoms with Crippen LogP contribution in [0, 0.1) is 6.92 Å². The zero-order valence-electron chi connectivity index (χ0n) is 19.3. The van der Waals surface area contributed by atoms with Crippen LogP contribution in [0.15, 0.2) is 60.8 Å². The van der Waals surface area contributed by atoms with E-state index in [0.29, 0.717) is 22.8 Å². The summed E-state index contributed by atoms with van der Waals surface area (Å²) in [5.41, 5.74) is 5.43. The lowest BCUT2D eigenvalue weighted by Gasteiger charge is -2.31. The van der Waals surface area contributed by atoms with Gasteiger partial charge in [-0.3, -0.25) is 4.79 Å². The second kappa shape index (κ2) is 8.52. The van der Waals surface area contributed by atoms with Gasteiger partial charge in [0.15, 0.2) is 5.65 Å². The Morgan fingerprint density at radius 3 is 2.66 bits per heavy atom. The quantitative estimate of drug-likeness (QED) is 0.371. The van der Waals surface area contributed by atoms with E-state index in [9.17, 15) is 9.90 Å². The Kier molecular flexibility index (Phi) is 5.18. The van der Waals surface area contributed by atoms with Gasteiger partial charge in [0.25, 0.3) is 5.91 Å². The first-order chi connectivity index (χ1) is 17.0. The number of hydrogen-bond acceptors (Lipinski definition) is 6. The number of pyridine rings is 1. The number of aromatic nitrogens is 5. The highest BCUT2D eigenvalue weighted by Gasteiger charge is 2.18. The molecule has 176 valence electrons. The molecule has 1 aliphatic rings. The third kappa shape index (κ3) is 4.00. The van der Waals surface area contributed by atoms with Crippen molar-refractivity contribution in [2.75, 3.05) is 23.3 Å². The van der Waals surface area contributed by atoms with E-state index >= 15 is 0 Å². The fourth-order valence-corrected chi connectivity index (χ4v) is 4.54. The first-order valence-electron chi connectivity index (χ1n) is 11.7. The van der Waals surface area contributed by atoms with Crippen molar-refractivity contribution >= 4 is 39.3 Å². The number of piperidine rings is 1. The molecule has 6 rings (SSSR count). The third-order valence-corrected chi connectivity index (χ3v) is 6.50. The lowest BCUT2D eigenvalue weighted by atomic mass is 10.1. The molecule has 9 heteroatoms. The lowest BCUT2D eigenvalue weighted by Crippen LogP contribution is -2.35. The molecule has 2 aromatic carbocycles. The number of benzene rings is 2. The van der Waals surface area contributed by atoms with E-state index in [0.717, 1.165) is 53.7 Å². The molecule has 9 nitrogen and oxygen atoms in total. The van der Waals surface area contributed by atoms with Crippen LogP contribution >= 0.6 is 0 Å². The standard InChI is InChI=1S/C26H25N7O2/c1-16-21-14-17(15-27-24(21)33(31-16)26-29-22-4-2-3-5-23(22)30-26)25(35)28-18-6-8-19(9-7-18)32-12-10-20(34)11-13-32/h2-9,14-15,20,34H,10-13H2,1H3,(H,28,35)(H,29,30). The minimum absolute atomic E-state index is 0.204. The number of rotatable bonds is 4. The number of para-hydroxylation sites is 2. The summed E-state index contributed by atoms with van der Waals surface area (Å²) in [5, 5.41) is 18.1. The van der Waals surface area contributed by atoms with Gasteiger partial charge in [-0.1, -0.05) is 12.1 Å². The van der Waals surface area contributed by atoms with Crippen LogP contribution in [0.3, 0.4) is 0 Å². The van der Waals surface area contributed by atoms with Crippen LogP contribution in [-0.4, -0.2) is 54.9 Å². The number of imidazole rings is 1. The van der Waals surface area contributed by atoms with Crippen LogP contribution in [0.4, 0.5) is 11.4 Å². The van der Waals surface area contributed by atoms with Crippen molar-refractivity contribution in [3.8, 4) is 5.95 Å². The Labute approximate surface area is 201 Å². The van der Waals surface area contributed by atoms with Gasteiger partial charge in [-0.2, -0.15) is 9.78 Å². The Morgan fingerprint density at radius 1 is 1.11 bits per heavy atom. The molecule has 1 fully saturated rings. The van der Waals surface area contributed by atoms with Crippen LogP contribution in [0.2, 0.25) is 0 Å². The first kappa shape index (κ1) is 21.3. The summed E-state index contributed by atoms with van der Waals surface area (Å²) in [4.78, 5) is 27.6. The normalized spacial score (nSPS) is 14.6. The molecular formula is C26H25N7O2. The molecule has 3 aromatic heterocycles. The largest absolute Gasteiger partial charge is 0.393 e. The molecule has 0 atom stereocenters. The molecule has 0 aliphatic carbocycles. The van der Waals surface area contributed by atoms with Gasteiger partial charge in [-0.25, -0.2) is 9.97 Å². The number of aryl methyl sites for hydroxylation is 1. The predicted molar refractivity (Wildman–Crippen MR) is 135 cm³/mol. The monoisotopic (exact) mass is 467 g/mol. The summed E-state index contributed by atoms with van der Waals surface area (Å²) < 4.78 is 1.67. The molecule has 0 radical (unpaired) electrons. The number of fused-ring (bicyclic) bond motifs is 2. The van der Waals surface area contributed by atoms with Crippen LogP contribution in [0.1, 0.15) is 28.9 Å². The van der Waals surface area contributed by atoms with E-state index in [1.807, 2.05) is 61.5 Å². The highest BCUT2D eigenvalue weighted by atomic mass is 16.3. The molecule has 1 amide bonds. The Hall–Kier alpha value is -4.24. The lowest BCUT2D eigenvalue weighted by molar-refractivity contribution is 0.102. The number of nitrogens with zero attached hydrogens (tertiary/aromatic N) is 5. The van der Waals surface area contributed by atoms with Crippen LogP contribution in [0.25, 0.3) is 28.0 Å². The van der Waals surface area contributed by atoms with E-state index in [1.54, 1.807) is 10.9 Å². The van der Waals surface area contributed by atoms with Gasteiger partial charge in [0.05, 0.1) is 28.4 Å². The molecule has 3 N–H and O–H groups in total. The number of anilines is 2. The van der Waals surface area contributed by atoms with E-state index in [4.69, 9.17) is 0 Å². The number of amides is 1. The fourth-order valence-electron chi connectivity index (χ4n) is 4.54. The van der Waals surface area contributed by atoms with Crippen molar-refractivity contribution in [3.63, 3.8) is 0 Å². The maximum Gasteiger partial charge on any atom is 0.257 e. The van der Waals surface area contributed by atoms with Gasteiger partial charge in [0, 0.05) is 36.0 Å². The maximum absolute atomic E-state index is 13.0. The minimum atomic E-state index is -0.232. The van der Waals surface area contributed by atoms with Crippen molar-refractivity contribution in [2.24, 2.45) is 0 Å². The summed E-state index contributed by atoms with van der Waals surface area (Å²) >= 11 is 0. The Balaban J connectivity index is 1.22. The van der Waals surface area contributed by atoms with Gasteiger partial charge >= 0.3 is 0 Å². The Bertz CT molecular complexity index is 1500. The Morgan fingerprint density at radius 2 is 1.89 bits per heavy atom. The zero-order chi connectivity index (χ0) is 23.9. The molecule has 1 saturated heterocycles. The van der Waals surface area contributed by atoms with Crippen molar-refractivity contribution in [3.05, 3.63) is 72.1 Å². The summed E-state index contributed by atoms with van der Waals surface area (Å²) in [6, 6.07) is 17.4. The molecule has 5 aromatic rings. The minimum Gasteiger partial charge on any atom is -0.393 e. The SMILES string of the molecule is Cc1nn(-c2nc3ccccc3[nH]2)c2ncc(C(=O)Nc3ccc(N4CCC(O)CC4)cc3)cc12. The van der Waals surface area contributed by atoms with Crippen molar-refractivity contribution < 1.29 is 9.90 Å². The fraction of sp³-hybridized carbons (Fsp3) is 0.231. The number of aromatic amines is 1. The van der Waals surface area contributed by atoms with Gasteiger partial charge in [0.1, 0.15) is 0 Å². The summed E-state index contributed by atoms with van der Waals surface area (Å²) in [7, 11) is 0. The number of H-pyrrole nitrogens is 1. The molecule has 4 heterocycles. The predicted octanol–water partition coefficient (Wildman–Crippen LogP) is 3.82. The number of aliphatic hydroxyl groups excluding tert-OH is 1. The molecule has 0 spiro atoms. The maximum atomic E-state index is 13.0. The number of carbonyl (C=O) groups excluding carboxylic acids is 1. The molecule has 0 unspecified atom stereocenters. The number of hydrogen-bond donors (Lipinski definition) is 3. The molecule has 0 saturated carbocycles. The third-order valence-electron chi connectivity index (χ3n) is 6.50. The van der Waals surface area contributed by atoms with Crippen LogP contribution < -0.4 is 10.2 Å². The summed E-state index contributed by atoms with van der Waals surface area (Å²) in [5.74, 6) is 0.349. The smallest absolute Gasteiger partial charge is 0.257 e. The zero-order valence-corrected chi connectivity index (χ0v) is 19.3. The van der Waals surface area contributed by atoms with Crippen LogP contribution in [-0.2, 0) is 0 Å². The van der Waals surface area contributed by atoms with E-state index in [1.165, 1.54) is 0 Å².